The Labute approximate surface area is 77.2 Å². The molecule has 1 rings (SSSR count). The average Bonchev–Trinajstić information content (AvgIpc) is 2.12. The monoisotopic (exact) mass is 183 g/mol. The Hall–Kier alpha value is -1.09. The molecule has 0 aliphatic carbocycles. The van der Waals surface area contributed by atoms with Crippen LogP contribution in [-0.4, -0.2) is 11.7 Å². The van der Waals surface area contributed by atoms with Crippen LogP contribution < -0.4 is 5.73 Å². The highest BCUT2D eigenvalue weighted by molar-refractivity contribution is 5.42. The van der Waals surface area contributed by atoms with Crippen molar-refractivity contribution in [1.29, 1.82) is 0 Å². The van der Waals surface area contributed by atoms with E-state index >= 15 is 0 Å². The molecule has 0 radical (unpaired) electrons. The lowest BCUT2D eigenvalue weighted by Crippen LogP contribution is -2.08. The van der Waals surface area contributed by atoms with Crippen LogP contribution in [0, 0.1) is 13.8 Å². The Balaban J connectivity index is 3.13. The summed E-state index contributed by atoms with van der Waals surface area (Å²) in [6.07, 6.45) is -1.14. The maximum Gasteiger partial charge on any atom is 0.137 e. The first-order valence-electron chi connectivity index (χ1n) is 4.20. The molecule has 0 heterocycles. The van der Waals surface area contributed by atoms with Gasteiger partial charge < -0.3 is 10.8 Å². The van der Waals surface area contributed by atoms with E-state index < -0.39 is 6.17 Å². The second-order valence-corrected chi connectivity index (χ2v) is 3.21. The van der Waals surface area contributed by atoms with Gasteiger partial charge in [-0.3, -0.25) is 0 Å². The summed E-state index contributed by atoms with van der Waals surface area (Å²) in [5, 5.41) is 9.43. The fourth-order valence-corrected chi connectivity index (χ4v) is 1.31. The summed E-state index contributed by atoms with van der Waals surface area (Å²) in [6, 6.07) is 3.25. The van der Waals surface area contributed by atoms with Crippen molar-refractivity contribution in [3.8, 4) is 5.75 Å². The normalized spacial score (nSPS) is 12.9. The molecule has 1 unspecified atom stereocenters. The van der Waals surface area contributed by atoms with Crippen molar-refractivity contribution in [2.45, 2.75) is 20.0 Å². The van der Waals surface area contributed by atoms with Gasteiger partial charge in [-0.05, 0) is 42.7 Å². The van der Waals surface area contributed by atoms with E-state index in [-0.39, 0.29) is 12.3 Å². The number of aromatic hydroxyl groups is 1. The molecule has 1 aromatic rings. The van der Waals surface area contributed by atoms with Crippen molar-refractivity contribution in [2.75, 3.05) is 6.54 Å². The van der Waals surface area contributed by atoms with Crippen LogP contribution in [-0.2, 0) is 0 Å². The maximum atomic E-state index is 13.1. The fraction of sp³-hybridized carbons (Fsp3) is 0.400. The van der Waals surface area contributed by atoms with Gasteiger partial charge in [0, 0.05) is 6.54 Å². The highest BCUT2D eigenvalue weighted by Gasteiger charge is 2.10. The van der Waals surface area contributed by atoms with Crippen LogP contribution >= 0.6 is 0 Å². The van der Waals surface area contributed by atoms with Crippen molar-refractivity contribution in [3.63, 3.8) is 0 Å². The maximum absolute atomic E-state index is 13.1. The lowest BCUT2D eigenvalue weighted by molar-refractivity contribution is 0.352. The molecule has 0 aromatic heterocycles. The second kappa shape index (κ2) is 3.75. The lowest BCUT2D eigenvalue weighted by atomic mass is 10.0. The first kappa shape index (κ1) is 9.99. The van der Waals surface area contributed by atoms with Gasteiger partial charge in [-0.1, -0.05) is 0 Å². The number of aryl methyl sites for hydroxylation is 2. The van der Waals surface area contributed by atoms with E-state index in [0.29, 0.717) is 16.7 Å². The van der Waals surface area contributed by atoms with Crippen molar-refractivity contribution in [2.24, 2.45) is 5.73 Å². The molecule has 0 bridgehead atoms. The van der Waals surface area contributed by atoms with Crippen molar-refractivity contribution in [1.82, 2.24) is 0 Å². The first-order chi connectivity index (χ1) is 6.06. The number of rotatable bonds is 2. The minimum atomic E-state index is -1.14. The van der Waals surface area contributed by atoms with E-state index in [0.717, 1.165) is 0 Å². The van der Waals surface area contributed by atoms with E-state index in [1.165, 1.54) is 0 Å². The molecular formula is C10H14FNO. The zero-order valence-electron chi connectivity index (χ0n) is 7.84. The molecule has 0 aliphatic heterocycles. The summed E-state index contributed by atoms with van der Waals surface area (Å²) in [7, 11) is 0. The number of nitrogens with two attached hydrogens (primary N) is 1. The third kappa shape index (κ3) is 1.98. The molecule has 1 atom stereocenters. The number of alkyl halides is 1. The standard InChI is InChI=1S/C10H14FNO/c1-6-3-8(9(11)5-12)4-7(2)10(6)13/h3-4,9,13H,5,12H2,1-2H3. The summed E-state index contributed by atoms with van der Waals surface area (Å²) in [6.45, 7) is 3.47. The van der Waals surface area contributed by atoms with Crippen molar-refractivity contribution in [3.05, 3.63) is 28.8 Å². The molecule has 3 N–H and O–H groups in total. The summed E-state index contributed by atoms with van der Waals surface area (Å²) in [5.41, 5.74) is 7.11. The number of hydrogen-bond acceptors (Lipinski definition) is 2. The zero-order valence-corrected chi connectivity index (χ0v) is 7.84. The number of phenols is 1. The Morgan fingerprint density at radius 3 is 2.23 bits per heavy atom. The van der Waals surface area contributed by atoms with E-state index in [2.05, 4.69) is 0 Å². The van der Waals surface area contributed by atoms with Crippen LogP contribution in [0.2, 0.25) is 0 Å². The van der Waals surface area contributed by atoms with Gasteiger partial charge in [0.15, 0.2) is 0 Å². The van der Waals surface area contributed by atoms with Crippen LogP contribution in [0.1, 0.15) is 22.9 Å². The summed E-state index contributed by atoms with van der Waals surface area (Å²) >= 11 is 0. The molecule has 0 amide bonds. The Kier molecular flexibility index (Phi) is 2.88. The summed E-state index contributed by atoms with van der Waals surface area (Å²) in [5.74, 6) is 0.230. The van der Waals surface area contributed by atoms with E-state index in [4.69, 9.17) is 5.73 Å². The van der Waals surface area contributed by atoms with Crippen LogP contribution in [0.4, 0.5) is 4.39 Å². The predicted molar refractivity (Wildman–Crippen MR) is 50.5 cm³/mol. The third-order valence-corrected chi connectivity index (χ3v) is 2.08. The van der Waals surface area contributed by atoms with Gasteiger partial charge in [-0.15, -0.1) is 0 Å². The van der Waals surface area contributed by atoms with Gasteiger partial charge in [-0.2, -0.15) is 0 Å². The van der Waals surface area contributed by atoms with Gasteiger partial charge in [0.2, 0.25) is 0 Å². The minimum Gasteiger partial charge on any atom is -0.507 e. The first-order valence-corrected chi connectivity index (χ1v) is 4.20. The molecule has 1 aromatic carbocycles. The van der Waals surface area contributed by atoms with Gasteiger partial charge in [-0.25, -0.2) is 4.39 Å². The number of hydrogen-bond donors (Lipinski definition) is 2. The molecule has 2 nitrogen and oxygen atoms in total. The van der Waals surface area contributed by atoms with E-state index in [9.17, 15) is 9.50 Å². The lowest BCUT2D eigenvalue weighted by Gasteiger charge is -2.10. The molecule has 0 spiro atoms. The van der Waals surface area contributed by atoms with Crippen LogP contribution in [0.25, 0.3) is 0 Å². The second-order valence-electron chi connectivity index (χ2n) is 3.21. The van der Waals surface area contributed by atoms with Crippen molar-refractivity contribution < 1.29 is 9.50 Å². The quantitative estimate of drug-likeness (QED) is 0.736. The molecular weight excluding hydrogens is 169 g/mol. The minimum absolute atomic E-state index is 0.0242. The molecule has 0 saturated heterocycles. The van der Waals surface area contributed by atoms with E-state index in [1.807, 2.05) is 0 Å². The molecule has 72 valence electrons. The molecule has 0 saturated carbocycles. The SMILES string of the molecule is Cc1cc(C(F)CN)cc(C)c1O. The highest BCUT2D eigenvalue weighted by Crippen LogP contribution is 2.27. The number of phenolic OH excluding ortho intramolecular Hbond substituents is 1. The smallest absolute Gasteiger partial charge is 0.137 e. The number of benzene rings is 1. The van der Waals surface area contributed by atoms with Gasteiger partial charge in [0.1, 0.15) is 11.9 Å². The predicted octanol–water partition coefficient (Wildman–Crippen LogP) is 1.98. The van der Waals surface area contributed by atoms with Crippen LogP contribution in [0.5, 0.6) is 5.75 Å². The summed E-state index contributed by atoms with van der Waals surface area (Å²) in [4.78, 5) is 0. The topological polar surface area (TPSA) is 46.2 Å². The fourth-order valence-electron chi connectivity index (χ4n) is 1.31. The summed E-state index contributed by atoms with van der Waals surface area (Å²) < 4.78 is 13.1. The molecule has 13 heavy (non-hydrogen) atoms. The van der Waals surface area contributed by atoms with Gasteiger partial charge in [0.25, 0.3) is 0 Å². The molecule has 3 heteroatoms. The van der Waals surface area contributed by atoms with E-state index in [1.54, 1.807) is 26.0 Å². The third-order valence-electron chi connectivity index (χ3n) is 2.08. The Bertz CT molecular complexity index is 289. The largest absolute Gasteiger partial charge is 0.507 e. The van der Waals surface area contributed by atoms with Gasteiger partial charge >= 0.3 is 0 Å². The zero-order chi connectivity index (χ0) is 10.0. The molecule has 0 fully saturated rings. The highest BCUT2D eigenvalue weighted by atomic mass is 19.1. The Morgan fingerprint density at radius 1 is 1.38 bits per heavy atom. The van der Waals surface area contributed by atoms with Gasteiger partial charge in [0.05, 0.1) is 0 Å². The van der Waals surface area contributed by atoms with Crippen LogP contribution in [0.3, 0.4) is 0 Å². The molecule has 0 aliphatic rings. The Morgan fingerprint density at radius 2 is 1.85 bits per heavy atom. The number of halogens is 1. The van der Waals surface area contributed by atoms with Crippen molar-refractivity contribution >= 4 is 0 Å². The average molecular weight is 183 g/mol. The van der Waals surface area contributed by atoms with Crippen LogP contribution in [0.15, 0.2) is 12.1 Å².